The number of aliphatic imine (C=N–C) groups is 1. The zero-order chi connectivity index (χ0) is 14.9. The third kappa shape index (κ3) is 3.17. The highest BCUT2D eigenvalue weighted by atomic mass is 16.5. The van der Waals surface area contributed by atoms with Gasteiger partial charge in [0.05, 0.1) is 25.3 Å². The van der Waals surface area contributed by atoms with Crippen LogP contribution in [0.5, 0.6) is 0 Å². The Morgan fingerprint density at radius 2 is 2.19 bits per heavy atom. The number of amidine groups is 1. The Hall–Kier alpha value is -2.06. The minimum absolute atomic E-state index is 0.371. The van der Waals surface area contributed by atoms with E-state index in [0.29, 0.717) is 31.2 Å². The van der Waals surface area contributed by atoms with Crippen LogP contribution in [0.15, 0.2) is 27.5 Å². The molecule has 2 aliphatic heterocycles. The van der Waals surface area contributed by atoms with Gasteiger partial charge in [0, 0.05) is 25.2 Å². The number of nitrogens with one attached hydrogen (secondary N) is 1. The number of nitrogens with two attached hydrogens (primary N) is 2. The van der Waals surface area contributed by atoms with E-state index in [1.54, 1.807) is 6.08 Å². The van der Waals surface area contributed by atoms with E-state index in [-0.39, 0.29) is 0 Å². The number of hydrogen-bond donors (Lipinski definition) is 3. The highest BCUT2D eigenvalue weighted by Gasteiger charge is 2.32. The predicted molar refractivity (Wildman–Crippen MR) is 77.1 cm³/mol. The van der Waals surface area contributed by atoms with E-state index in [0.717, 1.165) is 24.6 Å². The second-order valence-electron chi connectivity index (χ2n) is 5.33. The highest BCUT2D eigenvalue weighted by molar-refractivity contribution is 5.92. The molecule has 8 heteroatoms. The van der Waals surface area contributed by atoms with Crippen molar-refractivity contribution in [2.45, 2.75) is 19.1 Å². The first-order chi connectivity index (χ1) is 10.0. The van der Waals surface area contributed by atoms with E-state index in [1.165, 1.54) is 0 Å². The lowest BCUT2D eigenvalue weighted by molar-refractivity contribution is 0.0471. The van der Waals surface area contributed by atoms with Gasteiger partial charge >= 0.3 is 0 Å². The molecule has 0 radical (unpaired) electrons. The van der Waals surface area contributed by atoms with Gasteiger partial charge in [-0.05, 0) is 6.92 Å². The van der Waals surface area contributed by atoms with E-state index >= 15 is 0 Å². The lowest BCUT2D eigenvalue weighted by Gasteiger charge is -2.38. The van der Waals surface area contributed by atoms with Crippen molar-refractivity contribution in [3.8, 4) is 0 Å². The Kier molecular flexibility index (Phi) is 3.56. The number of aryl methyl sites for hydroxylation is 1. The molecule has 0 aromatic carbocycles. The smallest absolute Gasteiger partial charge is 0.192 e. The zero-order valence-electron chi connectivity index (χ0n) is 12.0. The molecule has 1 aromatic heterocycles. The number of hydrogen-bond acceptors (Lipinski definition) is 8. The summed E-state index contributed by atoms with van der Waals surface area (Å²) in [4.78, 5) is 6.45. The molecule has 1 atom stereocenters. The van der Waals surface area contributed by atoms with Crippen LogP contribution in [-0.2, 0) is 11.2 Å². The Bertz CT molecular complexity index is 575. The summed E-state index contributed by atoms with van der Waals surface area (Å²) >= 11 is 0. The summed E-state index contributed by atoms with van der Waals surface area (Å²) in [7, 11) is 0. The molecule has 3 rings (SSSR count). The van der Waals surface area contributed by atoms with Gasteiger partial charge in [-0.3, -0.25) is 5.73 Å². The quantitative estimate of drug-likeness (QED) is 0.673. The maximum Gasteiger partial charge on any atom is 0.192 e. The van der Waals surface area contributed by atoms with Crippen LogP contribution in [0.25, 0.3) is 0 Å². The van der Waals surface area contributed by atoms with Crippen LogP contribution in [0, 0.1) is 6.92 Å². The van der Waals surface area contributed by atoms with Gasteiger partial charge in [0.1, 0.15) is 17.4 Å². The van der Waals surface area contributed by atoms with Crippen molar-refractivity contribution < 1.29 is 9.26 Å². The second kappa shape index (κ2) is 5.38. The van der Waals surface area contributed by atoms with Gasteiger partial charge in [0.15, 0.2) is 5.79 Å². The number of aromatic nitrogens is 1. The summed E-state index contributed by atoms with van der Waals surface area (Å²) in [6.07, 6.45) is 2.16. The van der Waals surface area contributed by atoms with Crippen molar-refractivity contribution in [2.75, 3.05) is 26.3 Å². The average Bonchev–Trinajstić information content (AvgIpc) is 2.83. The number of ether oxygens (including phenoxy) is 1. The lowest BCUT2D eigenvalue weighted by Crippen LogP contribution is -2.59. The molecular weight excluding hydrogens is 272 g/mol. The Morgan fingerprint density at radius 1 is 1.43 bits per heavy atom. The first kappa shape index (κ1) is 13.9. The van der Waals surface area contributed by atoms with Crippen molar-refractivity contribution in [1.29, 1.82) is 0 Å². The molecule has 1 fully saturated rings. The highest BCUT2D eigenvalue weighted by Crippen LogP contribution is 2.18. The fourth-order valence-electron chi connectivity index (χ4n) is 2.51. The van der Waals surface area contributed by atoms with Crippen molar-refractivity contribution in [1.82, 2.24) is 15.4 Å². The largest absolute Gasteiger partial charge is 0.384 e. The Morgan fingerprint density at radius 3 is 2.86 bits per heavy atom. The second-order valence-corrected chi connectivity index (χ2v) is 5.33. The molecule has 0 bridgehead atoms. The molecule has 0 aliphatic carbocycles. The normalized spacial score (nSPS) is 26.1. The monoisotopic (exact) mass is 292 g/mol. The summed E-state index contributed by atoms with van der Waals surface area (Å²) in [6, 6.07) is 1.84. The van der Waals surface area contributed by atoms with Crippen LogP contribution in [0.1, 0.15) is 11.5 Å². The number of rotatable bonds is 3. The molecule has 21 heavy (non-hydrogen) atoms. The molecule has 3 heterocycles. The van der Waals surface area contributed by atoms with Crippen LogP contribution in [0.2, 0.25) is 0 Å². The average molecular weight is 292 g/mol. The molecular formula is C13H20N6O2. The molecule has 114 valence electrons. The maximum absolute atomic E-state index is 6.32. The standard InChI is InChI=1S/C13H20N6O2/c1-9-6-10(21-18-9)8-13(15)16-11(14)7-12(17-13)19-2-4-20-5-3-19/h6-7,17H,2-5,8,15H2,1H3,(H2,14,16). The third-order valence-corrected chi connectivity index (χ3v) is 3.43. The van der Waals surface area contributed by atoms with Crippen LogP contribution in [0.4, 0.5) is 0 Å². The van der Waals surface area contributed by atoms with Gasteiger partial charge in [0.25, 0.3) is 0 Å². The molecule has 8 nitrogen and oxygen atoms in total. The van der Waals surface area contributed by atoms with Crippen molar-refractivity contribution in [3.63, 3.8) is 0 Å². The van der Waals surface area contributed by atoms with E-state index in [9.17, 15) is 0 Å². The van der Waals surface area contributed by atoms with Gasteiger partial charge < -0.3 is 25.2 Å². The molecule has 1 saturated heterocycles. The van der Waals surface area contributed by atoms with E-state index in [4.69, 9.17) is 20.7 Å². The fraction of sp³-hybridized carbons (Fsp3) is 0.538. The first-order valence-corrected chi connectivity index (χ1v) is 6.93. The molecule has 0 amide bonds. The van der Waals surface area contributed by atoms with E-state index < -0.39 is 5.79 Å². The fourth-order valence-corrected chi connectivity index (χ4v) is 2.51. The predicted octanol–water partition coefficient (Wildman–Crippen LogP) is -0.728. The zero-order valence-corrected chi connectivity index (χ0v) is 12.0. The Balaban J connectivity index is 1.76. The molecule has 5 N–H and O–H groups in total. The molecule has 0 spiro atoms. The van der Waals surface area contributed by atoms with Gasteiger partial charge in [-0.15, -0.1) is 0 Å². The third-order valence-electron chi connectivity index (χ3n) is 3.43. The number of morpholine rings is 1. The topological polar surface area (TPSA) is 115 Å². The summed E-state index contributed by atoms with van der Waals surface area (Å²) < 4.78 is 10.6. The SMILES string of the molecule is Cc1cc(CC2(N)N=C(N)C=C(N3CCOCC3)N2)on1. The van der Waals surface area contributed by atoms with Gasteiger partial charge in [-0.2, -0.15) is 0 Å². The lowest BCUT2D eigenvalue weighted by atomic mass is 10.1. The van der Waals surface area contributed by atoms with E-state index in [2.05, 4.69) is 20.4 Å². The molecule has 0 saturated carbocycles. The summed E-state index contributed by atoms with van der Waals surface area (Å²) in [5.74, 6) is 0.902. The van der Waals surface area contributed by atoms with E-state index in [1.807, 2.05) is 13.0 Å². The van der Waals surface area contributed by atoms with Crippen molar-refractivity contribution in [3.05, 3.63) is 29.4 Å². The summed E-state index contributed by atoms with van der Waals surface area (Å²) in [5, 5.41) is 7.10. The number of nitrogens with zero attached hydrogens (tertiary/aromatic N) is 3. The molecule has 2 aliphatic rings. The van der Waals surface area contributed by atoms with Crippen LogP contribution in [-0.4, -0.2) is 48.0 Å². The van der Waals surface area contributed by atoms with Crippen LogP contribution in [0.3, 0.4) is 0 Å². The minimum Gasteiger partial charge on any atom is -0.384 e. The first-order valence-electron chi connectivity index (χ1n) is 6.93. The van der Waals surface area contributed by atoms with Crippen molar-refractivity contribution >= 4 is 5.84 Å². The Labute approximate surface area is 122 Å². The van der Waals surface area contributed by atoms with Gasteiger partial charge in [-0.25, -0.2) is 4.99 Å². The minimum atomic E-state index is -1.03. The van der Waals surface area contributed by atoms with Gasteiger partial charge in [-0.1, -0.05) is 5.16 Å². The molecule has 1 aromatic rings. The summed E-state index contributed by atoms with van der Waals surface area (Å²) in [6.45, 7) is 4.83. The molecule has 1 unspecified atom stereocenters. The van der Waals surface area contributed by atoms with Crippen LogP contribution < -0.4 is 16.8 Å². The van der Waals surface area contributed by atoms with Crippen LogP contribution >= 0.6 is 0 Å². The summed E-state index contributed by atoms with van der Waals surface area (Å²) in [5.41, 5.74) is 13.0. The maximum atomic E-state index is 6.32. The van der Waals surface area contributed by atoms with Crippen molar-refractivity contribution in [2.24, 2.45) is 16.5 Å². The van der Waals surface area contributed by atoms with Gasteiger partial charge in [0.2, 0.25) is 0 Å².